The topological polar surface area (TPSA) is 26.3 Å². The number of halogens is 1. The van der Waals surface area contributed by atoms with Crippen LogP contribution in [0.3, 0.4) is 0 Å². The molecule has 0 fully saturated rings. The van der Waals surface area contributed by atoms with Crippen LogP contribution in [0.4, 0.5) is 0 Å². The fourth-order valence-corrected chi connectivity index (χ4v) is 1.36. The SMILES string of the molecule is C=C(CCl)C(=O)OCC(CC)CCCC. The second-order valence-corrected chi connectivity index (χ2v) is 4.02. The van der Waals surface area contributed by atoms with Gasteiger partial charge >= 0.3 is 5.97 Å². The van der Waals surface area contributed by atoms with Gasteiger partial charge in [-0.05, 0) is 12.3 Å². The smallest absolute Gasteiger partial charge is 0.334 e. The van der Waals surface area contributed by atoms with Crippen LogP contribution >= 0.6 is 11.6 Å². The molecule has 1 atom stereocenters. The standard InChI is InChI=1S/C12H21ClO2/c1-4-6-7-11(5-2)9-15-12(14)10(3)8-13/h11H,3-9H2,1-2H3. The third-order valence-electron chi connectivity index (χ3n) is 2.44. The number of esters is 1. The lowest BCUT2D eigenvalue weighted by molar-refractivity contribution is -0.140. The Morgan fingerprint density at radius 3 is 2.60 bits per heavy atom. The molecule has 0 aromatic rings. The highest BCUT2D eigenvalue weighted by molar-refractivity contribution is 6.22. The normalized spacial score (nSPS) is 12.2. The van der Waals surface area contributed by atoms with Crippen molar-refractivity contribution in [3.05, 3.63) is 12.2 Å². The van der Waals surface area contributed by atoms with Gasteiger partial charge in [0.25, 0.3) is 0 Å². The molecule has 15 heavy (non-hydrogen) atoms. The zero-order valence-corrected chi connectivity index (χ0v) is 10.5. The maximum Gasteiger partial charge on any atom is 0.334 e. The van der Waals surface area contributed by atoms with Gasteiger partial charge in [0.05, 0.1) is 12.5 Å². The number of ether oxygens (including phenoxy) is 1. The fraction of sp³-hybridized carbons (Fsp3) is 0.750. The Labute approximate surface area is 97.6 Å². The molecule has 0 bridgehead atoms. The molecule has 0 amide bonds. The van der Waals surface area contributed by atoms with Crippen LogP contribution in [0.5, 0.6) is 0 Å². The Bertz CT molecular complexity index is 202. The Hall–Kier alpha value is -0.500. The molecule has 3 heteroatoms. The van der Waals surface area contributed by atoms with Crippen LogP contribution in [-0.2, 0) is 9.53 Å². The average Bonchev–Trinajstić information content (AvgIpc) is 2.27. The molecular formula is C12H21ClO2. The number of hydrogen-bond acceptors (Lipinski definition) is 2. The number of alkyl halides is 1. The van der Waals surface area contributed by atoms with Crippen molar-refractivity contribution in [2.24, 2.45) is 5.92 Å². The first-order chi connectivity index (χ1) is 7.15. The molecule has 0 aromatic carbocycles. The quantitative estimate of drug-likeness (QED) is 0.364. The van der Waals surface area contributed by atoms with Crippen LogP contribution in [0.25, 0.3) is 0 Å². The Balaban J connectivity index is 3.79. The summed E-state index contributed by atoms with van der Waals surface area (Å²) in [6, 6.07) is 0. The monoisotopic (exact) mass is 232 g/mol. The highest BCUT2D eigenvalue weighted by Crippen LogP contribution is 2.13. The van der Waals surface area contributed by atoms with E-state index in [2.05, 4.69) is 20.4 Å². The second-order valence-electron chi connectivity index (χ2n) is 3.75. The summed E-state index contributed by atoms with van der Waals surface area (Å²) < 4.78 is 5.12. The lowest BCUT2D eigenvalue weighted by atomic mass is 10.0. The zero-order valence-electron chi connectivity index (χ0n) is 9.72. The predicted molar refractivity (Wildman–Crippen MR) is 64.1 cm³/mol. The highest BCUT2D eigenvalue weighted by atomic mass is 35.5. The van der Waals surface area contributed by atoms with Gasteiger partial charge in [-0.25, -0.2) is 4.79 Å². The molecule has 0 heterocycles. The Morgan fingerprint density at radius 1 is 1.47 bits per heavy atom. The molecule has 0 aliphatic heterocycles. The van der Waals surface area contributed by atoms with Gasteiger partial charge < -0.3 is 4.74 Å². The van der Waals surface area contributed by atoms with E-state index in [0.717, 1.165) is 12.8 Å². The molecular weight excluding hydrogens is 212 g/mol. The summed E-state index contributed by atoms with van der Waals surface area (Å²) in [5.41, 5.74) is 0.335. The van der Waals surface area contributed by atoms with E-state index in [1.54, 1.807) is 0 Å². The van der Waals surface area contributed by atoms with Crippen LogP contribution in [0.15, 0.2) is 12.2 Å². The molecule has 0 aromatic heterocycles. The maximum atomic E-state index is 11.3. The molecule has 0 aliphatic carbocycles. The first kappa shape index (κ1) is 14.5. The number of rotatable bonds is 8. The van der Waals surface area contributed by atoms with Gasteiger partial charge in [0.1, 0.15) is 0 Å². The van der Waals surface area contributed by atoms with Crippen LogP contribution in [0.2, 0.25) is 0 Å². The first-order valence-corrected chi connectivity index (χ1v) is 6.09. The summed E-state index contributed by atoms with van der Waals surface area (Å²) in [5.74, 6) is 0.252. The summed E-state index contributed by atoms with van der Waals surface area (Å²) >= 11 is 5.48. The molecule has 0 saturated heterocycles. The molecule has 0 rings (SSSR count). The van der Waals surface area contributed by atoms with Crippen LogP contribution in [-0.4, -0.2) is 18.5 Å². The summed E-state index contributed by atoms with van der Waals surface area (Å²) in [4.78, 5) is 11.3. The van der Waals surface area contributed by atoms with Gasteiger partial charge in [0, 0.05) is 5.57 Å². The fourth-order valence-electron chi connectivity index (χ4n) is 1.25. The second kappa shape index (κ2) is 8.78. The summed E-state index contributed by atoms with van der Waals surface area (Å²) in [6.45, 7) is 8.30. The summed E-state index contributed by atoms with van der Waals surface area (Å²) in [7, 11) is 0. The lowest BCUT2D eigenvalue weighted by Gasteiger charge is -2.14. The molecule has 88 valence electrons. The van der Waals surface area contributed by atoms with Gasteiger partial charge in [-0.1, -0.05) is 39.7 Å². The van der Waals surface area contributed by atoms with Crippen molar-refractivity contribution in [3.8, 4) is 0 Å². The van der Waals surface area contributed by atoms with E-state index in [4.69, 9.17) is 16.3 Å². The Morgan fingerprint density at radius 2 is 2.13 bits per heavy atom. The zero-order chi connectivity index (χ0) is 11.7. The van der Waals surface area contributed by atoms with Crippen LogP contribution in [0.1, 0.15) is 39.5 Å². The van der Waals surface area contributed by atoms with E-state index < -0.39 is 0 Å². The van der Waals surface area contributed by atoms with Crippen molar-refractivity contribution in [1.29, 1.82) is 0 Å². The van der Waals surface area contributed by atoms with Gasteiger partial charge in [-0.15, -0.1) is 11.6 Å². The Kier molecular flexibility index (Phi) is 8.49. The van der Waals surface area contributed by atoms with E-state index in [-0.39, 0.29) is 11.8 Å². The van der Waals surface area contributed by atoms with E-state index in [9.17, 15) is 4.79 Å². The van der Waals surface area contributed by atoms with E-state index in [1.165, 1.54) is 12.8 Å². The third-order valence-corrected chi connectivity index (χ3v) is 2.77. The average molecular weight is 233 g/mol. The van der Waals surface area contributed by atoms with Crippen molar-refractivity contribution in [1.82, 2.24) is 0 Å². The predicted octanol–water partition coefficient (Wildman–Crippen LogP) is 3.54. The minimum atomic E-state index is -0.361. The molecule has 2 nitrogen and oxygen atoms in total. The molecule has 1 unspecified atom stereocenters. The molecule has 0 aliphatic rings. The van der Waals surface area contributed by atoms with Crippen molar-refractivity contribution < 1.29 is 9.53 Å². The summed E-state index contributed by atoms with van der Waals surface area (Å²) in [5, 5.41) is 0. The van der Waals surface area contributed by atoms with Gasteiger partial charge in [-0.3, -0.25) is 0 Å². The van der Waals surface area contributed by atoms with Crippen molar-refractivity contribution in [2.75, 3.05) is 12.5 Å². The first-order valence-electron chi connectivity index (χ1n) is 5.56. The molecule has 0 saturated carbocycles. The van der Waals surface area contributed by atoms with E-state index >= 15 is 0 Å². The van der Waals surface area contributed by atoms with Crippen LogP contribution in [0, 0.1) is 5.92 Å². The molecule has 0 spiro atoms. The van der Waals surface area contributed by atoms with Crippen LogP contribution < -0.4 is 0 Å². The lowest BCUT2D eigenvalue weighted by Crippen LogP contribution is -2.15. The highest BCUT2D eigenvalue weighted by Gasteiger charge is 2.11. The molecule has 0 N–H and O–H groups in total. The van der Waals surface area contributed by atoms with Crippen molar-refractivity contribution in [3.63, 3.8) is 0 Å². The van der Waals surface area contributed by atoms with Gasteiger partial charge in [0.15, 0.2) is 0 Å². The molecule has 0 radical (unpaired) electrons. The van der Waals surface area contributed by atoms with Gasteiger partial charge in [0.2, 0.25) is 0 Å². The van der Waals surface area contributed by atoms with Crippen molar-refractivity contribution >= 4 is 17.6 Å². The minimum absolute atomic E-state index is 0.143. The largest absolute Gasteiger partial charge is 0.462 e. The number of unbranched alkanes of at least 4 members (excludes halogenated alkanes) is 1. The van der Waals surface area contributed by atoms with E-state index in [0.29, 0.717) is 18.1 Å². The maximum absolute atomic E-state index is 11.3. The number of carbonyl (C=O) groups is 1. The summed E-state index contributed by atoms with van der Waals surface area (Å²) in [6.07, 6.45) is 4.53. The third kappa shape index (κ3) is 6.56. The van der Waals surface area contributed by atoms with Gasteiger partial charge in [-0.2, -0.15) is 0 Å². The number of hydrogen-bond donors (Lipinski definition) is 0. The van der Waals surface area contributed by atoms with Crippen molar-refractivity contribution in [2.45, 2.75) is 39.5 Å². The minimum Gasteiger partial charge on any atom is -0.462 e. The van der Waals surface area contributed by atoms with E-state index in [1.807, 2.05) is 0 Å². The number of carbonyl (C=O) groups excluding carboxylic acids is 1.